The molecule has 3 aromatic heterocycles. The summed E-state index contributed by atoms with van der Waals surface area (Å²) in [7, 11) is 0. The standard InChI is InChI=1S/C24H20F3N5O/c1-24(26,27)17-9-18(12-28-11-17)30-21(33)8-15-5-4-14(7-20(15)25)16-6-19-22(13-2-3-13)31-32-23(19)29-10-16/h4-7,9-13H,2-3,8H2,1H3,(H,30,33)(H,29,31,32). The van der Waals surface area contributed by atoms with Crippen LogP contribution in [0.1, 0.15) is 42.5 Å². The molecule has 168 valence electrons. The van der Waals surface area contributed by atoms with E-state index in [1.165, 1.54) is 12.3 Å². The fraction of sp³-hybridized carbons (Fsp3) is 0.250. The molecule has 9 heteroatoms. The molecule has 1 fully saturated rings. The second-order valence-corrected chi connectivity index (χ2v) is 8.39. The first-order valence-electron chi connectivity index (χ1n) is 10.5. The van der Waals surface area contributed by atoms with Crippen LogP contribution in [-0.2, 0) is 17.1 Å². The molecule has 0 bridgehead atoms. The van der Waals surface area contributed by atoms with Gasteiger partial charge in [-0.3, -0.25) is 14.9 Å². The number of carbonyl (C=O) groups is 1. The minimum absolute atomic E-state index is 0.127. The summed E-state index contributed by atoms with van der Waals surface area (Å²) in [4.78, 5) is 20.5. The van der Waals surface area contributed by atoms with E-state index in [1.54, 1.807) is 18.3 Å². The van der Waals surface area contributed by atoms with Crippen LogP contribution in [0, 0.1) is 5.82 Å². The van der Waals surface area contributed by atoms with E-state index in [0.29, 0.717) is 17.1 Å². The van der Waals surface area contributed by atoms with Gasteiger partial charge in [0.25, 0.3) is 5.92 Å². The zero-order valence-corrected chi connectivity index (χ0v) is 17.7. The molecule has 1 aromatic carbocycles. The van der Waals surface area contributed by atoms with Gasteiger partial charge in [-0.2, -0.15) is 5.10 Å². The number of aromatic nitrogens is 4. The van der Waals surface area contributed by atoms with E-state index >= 15 is 0 Å². The molecule has 1 aliphatic rings. The zero-order valence-electron chi connectivity index (χ0n) is 17.7. The maximum Gasteiger partial charge on any atom is 0.272 e. The first-order valence-corrected chi connectivity index (χ1v) is 10.5. The molecule has 0 atom stereocenters. The summed E-state index contributed by atoms with van der Waals surface area (Å²) in [6, 6.07) is 7.73. The molecule has 0 radical (unpaired) electrons. The molecule has 1 saturated carbocycles. The van der Waals surface area contributed by atoms with Crippen molar-refractivity contribution in [3.05, 3.63) is 71.6 Å². The summed E-state index contributed by atoms with van der Waals surface area (Å²) in [5.74, 6) is -3.67. The van der Waals surface area contributed by atoms with Gasteiger partial charge in [-0.05, 0) is 42.2 Å². The number of benzene rings is 1. The van der Waals surface area contributed by atoms with E-state index in [0.717, 1.165) is 48.7 Å². The largest absolute Gasteiger partial charge is 0.324 e. The lowest BCUT2D eigenvalue weighted by atomic mass is 10.0. The third kappa shape index (κ3) is 4.44. The first kappa shape index (κ1) is 21.1. The van der Waals surface area contributed by atoms with E-state index < -0.39 is 17.6 Å². The highest BCUT2D eigenvalue weighted by Gasteiger charge is 2.28. The van der Waals surface area contributed by atoms with Crippen LogP contribution in [0.2, 0.25) is 0 Å². The molecule has 5 rings (SSSR count). The number of alkyl halides is 2. The van der Waals surface area contributed by atoms with Gasteiger partial charge < -0.3 is 5.32 Å². The number of halogens is 3. The normalized spacial score (nSPS) is 13.9. The molecule has 4 aromatic rings. The summed E-state index contributed by atoms with van der Waals surface area (Å²) >= 11 is 0. The van der Waals surface area contributed by atoms with Crippen molar-refractivity contribution in [2.45, 2.75) is 38.0 Å². The summed E-state index contributed by atoms with van der Waals surface area (Å²) in [5.41, 5.74) is 3.09. The topological polar surface area (TPSA) is 83.6 Å². The van der Waals surface area contributed by atoms with Gasteiger partial charge >= 0.3 is 0 Å². The van der Waals surface area contributed by atoms with E-state index in [-0.39, 0.29) is 23.2 Å². The Bertz CT molecular complexity index is 1360. The van der Waals surface area contributed by atoms with Gasteiger partial charge in [0.05, 0.1) is 18.3 Å². The van der Waals surface area contributed by atoms with Crippen molar-refractivity contribution in [2.24, 2.45) is 0 Å². The number of nitrogens with one attached hydrogen (secondary N) is 2. The first-order chi connectivity index (χ1) is 15.8. The average Bonchev–Trinajstić information content (AvgIpc) is 3.53. The van der Waals surface area contributed by atoms with Crippen molar-refractivity contribution >= 4 is 22.6 Å². The molecule has 0 unspecified atom stereocenters. The third-order valence-corrected chi connectivity index (χ3v) is 5.69. The molecule has 0 aliphatic heterocycles. The smallest absolute Gasteiger partial charge is 0.272 e. The van der Waals surface area contributed by atoms with Crippen LogP contribution in [-0.4, -0.2) is 26.1 Å². The van der Waals surface area contributed by atoms with Gasteiger partial charge in [-0.15, -0.1) is 0 Å². The van der Waals surface area contributed by atoms with E-state index in [2.05, 4.69) is 25.5 Å². The molecule has 0 spiro atoms. The Balaban J connectivity index is 1.33. The minimum atomic E-state index is -3.08. The number of hydrogen-bond acceptors (Lipinski definition) is 4. The third-order valence-electron chi connectivity index (χ3n) is 5.69. The number of anilines is 1. The van der Waals surface area contributed by atoms with Gasteiger partial charge in [0.1, 0.15) is 5.82 Å². The average molecular weight is 451 g/mol. The Kier molecular flexibility index (Phi) is 5.11. The number of hydrogen-bond donors (Lipinski definition) is 2. The summed E-state index contributed by atoms with van der Waals surface area (Å²) < 4.78 is 41.7. The Hall–Kier alpha value is -3.75. The van der Waals surface area contributed by atoms with Crippen molar-refractivity contribution in [3.63, 3.8) is 0 Å². The number of H-pyrrole nitrogens is 1. The fourth-order valence-electron chi connectivity index (χ4n) is 3.76. The molecule has 6 nitrogen and oxygen atoms in total. The molecule has 1 amide bonds. The number of carbonyl (C=O) groups excluding carboxylic acids is 1. The minimum Gasteiger partial charge on any atom is -0.324 e. The summed E-state index contributed by atoms with van der Waals surface area (Å²) in [5, 5.41) is 10.7. The van der Waals surface area contributed by atoms with Crippen LogP contribution >= 0.6 is 0 Å². The zero-order chi connectivity index (χ0) is 23.2. The Morgan fingerprint density at radius 1 is 1.15 bits per heavy atom. The summed E-state index contributed by atoms with van der Waals surface area (Å²) in [6.45, 7) is 0.749. The number of aromatic amines is 1. The predicted octanol–water partition coefficient (Wildman–Crippen LogP) is 5.33. The van der Waals surface area contributed by atoms with Crippen LogP contribution in [0.25, 0.3) is 22.2 Å². The molecular formula is C24H20F3N5O. The number of rotatable bonds is 6. The van der Waals surface area contributed by atoms with Crippen LogP contribution in [0.4, 0.5) is 18.9 Å². The lowest BCUT2D eigenvalue weighted by Gasteiger charge is -2.12. The Labute approximate surface area is 187 Å². The number of pyridine rings is 2. The van der Waals surface area contributed by atoms with Crippen LogP contribution in [0.15, 0.2) is 48.9 Å². The van der Waals surface area contributed by atoms with Gasteiger partial charge in [0.15, 0.2) is 5.65 Å². The Morgan fingerprint density at radius 2 is 1.97 bits per heavy atom. The second-order valence-electron chi connectivity index (χ2n) is 8.39. The molecule has 2 N–H and O–H groups in total. The molecule has 0 saturated heterocycles. The van der Waals surface area contributed by atoms with Crippen molar-refractivity contribution in [3.8, 4) is 11.1 Å². The van der Waals surface area contributed by atoms with Gasteiger partial charge in [0.2, 0.25) is 5.91 Å². The quantitative estimate of drug-likeness (QED) is 0.415. The van der Waals surface area contributed by atoms with Crippen molar-refractivity contribution in [2.75, 3.05) is 5.32 Å². The number of nitrogens with zero attached hydrogens (tertiary/aromatic N) is 3. The van der Waals surface area contributed by atoms with Crippen LogP contribution in [0.5, 0.6) is 0 Å². The van der Waals surface area contributed by atoms with Gasteiger partial charge in [0, 0.05) is 47.4 Å². The van der Waals surface area contributed by atoms with E-state index in [4.69, 9.17) is 0 Å². The molecule has 1 aliphatic carbocycles. The maximum atomic E-state index is 14.8. The molecule has 33 heavy (non-hydrogen) atoms. The maximum absolute atomic E-state index is 14.8. The van der Waals surface area contributed by atoms with Gasteiger partial charge in [-0.25, -0.2) is 18.2 Å². The predicted molar refractivity (Wildman–Crippen MR) is 117 cm³/mol. The van der Waals surface area contributed by atoms with Crippen molar-refractivity contribution in [1.82, 2.24) is 20.2 Å². The lowest BCUT2D eigenvalue weighted by Crippen LogP contribution is -2.16. The monoisotopic (exact) mass is 451 g/mol. The van der Waals surface area contributed by atoms with E-state index in [1.807, 2.05) is 6.07 Å². The highest BCUT2D eigenvalue weighted by atomic mass is 19.3. The van der Waals surface area contributed by atoms with Crippen molar-refractivity contribution in [1.29, 1.82) is 0 Å². The van der Waals surface area contributed by atoms with Crippen LogP contribution < -0.4 is 5.32 Å². The van der Waals surface area contributed by atoms with Crippen LogP contribution in [0.3, 0.4) is 0 Å². The molecular weight excluding hydrogens is 431 g/mol. The second kappa shape index (κ2) is 7.99. The highest BCUT2D eigenvalue weighted by molar-refractivity contribution is 5.92. The van der Waals surface area contributed by atoms with Crippen molar-refractivity contribution < 1.29 is 18.0 Å². The summed E-state index contributed by atoms with van der Waals surface area (Å²) in [6.07, 6.45) is 5.94. The Morgan fingerprint density at radius 3 is 2.70 bits per heavy atom. The number of amides is 1. The SMILES string of the molecule is CC(F)(F)c1cncc(NC(=O)Cc2ccc(-c3cnc4n[nH]c(C5CC5)c4c3)cc2F)c1. The molecule has 3 heterocycles. The number of fused-ring (bicyclic) bond motifs is 1. The highest BCUT2D eigenvalue weighted by Crippen LogP contribution is 2.42. The van der Waals surface area contributed by atoms with Gasteiger partial charge in [-0.1, -0.05) is 12.1 Å². The van der Waals surface area contributed by atoms with E-state index in [9.17, 15) is 18.0 Å². The fourth-order valence-corrected chi connectivity index (χ4v) is 3.76. The lowest BCUT2D eigenvalue weighted by molar-refractivity contribution is -0.115.